The van der Waals surface area contributed by atoms with E-state index in [0.29, 0.717) is 11.1 Å². The number of aliphatic hydroxyl groups is 1. The van der Waals surface area contributed by atoms with Crippen LogP contribution in [0.25, 0.3) is 0 Å². The van der Waals surface area contributed by atoms with Gasteiger partial charge in [-0.3, -0.25) is 4.79 Å². The predicted molar refractivity (Wildman–Crippen MR) is 93.6 cm³/mol. The van der Waals surface area contributed by atoms with Crippen LogP contribution in [0.3, 0.4) is 0 Å². The molecule has 4 heteroatoms. The zero-order chi connectivity index (χ0) is 17.6. The molecule has 0 heterocycles. The van der Waals surface area contributed by atoms with E-state index in [1.54, 1.807) is 72.8 Å². The molecule has 0 saturated carbocycles. The lowest BCUT2D eigenvalue weighted by Gasteiger charge is -2.13. The Morgan fingerprint density at radius 2 is 1.32 bits per heavy atom. The fourth-order valence-corrected chi connectivity index (χ4v) is 2.43. The first-order valence-corrected chi connectivity index (χ1v) is 7.80. The van der Waals surface area contributed by atoms with Gasteiger partial charge in [-0.1, -0.05) is 60.7 Å². The molecule has 0 aliphatic rings. The van der Waals surface area contributed by atoms with Crippen molar-refractivity contribution in [3.8, 4) is 5.75 Å². The van der Waals surface area contributed by atoms with Gasteiger partial charge in [0.1, 0.15) is 11.9 Å². The van der Waals surface area contributed by atoms with Crippen molar-refractivity contribution in [3.63, 3.8) is 0 Å². The van der Waals surface area contributed by atoms with Crippen molar-refractivity contribution in [2.24, 2.45) is 0 Å². The summed E-state index contributed by atoms with van der Waals surface area (Å²) >= 11 is 0. The molecular formula is C21H16O4. The number of Topliss-reactive ketones (excluding diaryl/α,β-unsaturated/α-hetero) is 1. The van der Waals surface area contributed by atoms with Crippen LogP contribution < -0.4 is 4.74 Å². The number of hydrogen-bond donors (Lipinski definition) is 1. The van der Waals surface area contributed by atoms with E-state index in [4.69, 9.17) is 4.74 Å². The molecule has 4 nitrogen and oxygen atoms in total. The van der Waals surface area contributed by atoms with E-state index in [0.717, 1.165) is 0 Å². The van der Waals surface area contributed by atoms with Crippen molar-refractivity contribution in [1.29, 1.82) is 0 Å². The van der Waals surface area contributed by atoms with Gasteiger partial charge in [0, 0.05) is 0 Å². The number of ketones is 1. The molecule has 0 fully saturated rings. The number of aliphatic hydroxyl groups excluding tert-OH is 1. The summed E-state index contributed by atoms with van der Waals surface area (Å²) < 4.78 is 5.37. The van der Waals surface area contributed by atoms with Gasteiger partial charge in [-0.15, -0.1) is 0 Å². The SMILES string of the molecule is O=C(Oc1ccccc1C(=O)C(O)c1ccccc1)c1ccccc1. The average Bonchev–Trinajstić information content (AvgIpc) is 2.68. The molecule has 1 N–H and O–H groups in total. The van der Waals surface area contributed by atoms with E-state index in [1.807, 2.05) is 0 Å². The Labute approximate surface area is 145 Å². The van der Waals surface area contributed by atoms with Crippen molar-refractivity contribution in [1.82, 2.24) is 0 Å². The highest BCUT2D eigenvalue weighted by Gasteiger charge is 2.23. The van der Waals surface area contributed by atoms with Gasteiger partial charge >= 0.3 is 5.97 Å². The molecule has 0 aliphatic heterocycles. The number of carbonyl (C=O) groups excluding carboxylic acids is 2. The summed E-state index contributed by atoms with van der Waals surface area (Å²) in [5.41, 5.74) is 1.02. The van der Waals surface area contributed by atoms with Crippen LogP contribution in [0, 0.1) is 0 Å². The maximum atomic E-state index is 12.6. The fraction of sp³-hybridized carbons (Fsp3) is 0.0476. The molecule has 3 aromatic carbocycles. The monoisotopic (exact) mass is 332 g/mol. The second-order valence-electron chi connectivity index (χ2n) is 5.43. The quantitative estimate of drug-likeness (QED) is 0.438. The third-order valence-corrected chi connectivity index (χ3v) is 3.73. The van der Waals surface area contributed by atoms with Crippen LogP contribution in [0.1, 0.15) is 32.4 Å². The Morgan fingerprint density at radius 3 is 2.00 bits per heavy atom. The van der Waals surface area contributed by atoms with Crippen LogP contribution in [0.2, 0.25) is 0 Å². The van der Waals surface area contributed by atoms with Crippen LogP contribution >= 0.6 is 0 Å². The van der Waals surface area contributed by atoms with E-state index >= 15 is 0 Å². The topological polar surface area (TPSA) is 63.6 Å². The van der Waals surface area contributed by atoms with E-state index in [9.17, 15) is 14.7 Å². The van der Waals surface area contributed by atoms with Gasteiger partial charge in [0.2, 0.25) is 0 Å². The Balaban J connectivity index is 1.86. The second kappa shape index (κ2) is 7.55. The highest BCUT2D eigenvalue weighted by molar-refractivity contribution is 6.03. The van der Waals surface area contributed by atoms with Gasteiger partial charge < -0.3 is 9.84 Å². The third-order valence-electron chi connectivity index (χ3n) is 3.73. The largest absolute Gasteiger partial charge is 0.422 e. The molecule has 0 saturated heterocycles. The Kier molecular flexibility index (Phi) is 5.02. The minimum atomic E-state index is -1.32. The molecule has 25 heavy (non-hydrogen) atoms. The zero-order valence-electron chi connectivity index (χ0n) is 13.3. The fourth-order valence-electron chi connectivity index (χ4n) is 2.43. The summed E-state index contributed by atoms with van der Waals surface area (Å²) in [6.45, 7) is 0. The van der Waals surface area contributed by atoms with Gasteiger partial charge in [0.25, 0.3) is 0 Å². The summed E-state index contributed by atoms with van der Waals surface area (Å²) in [5, 5.41) is 10.3. The molecule has 124 valence electrons. The van der Waals surface area contributed by atoms with Gasteiger partial charge in [0.05, 0.1) is 11.1 Å². The van der Waals surface area contributed by atoms with E-state index in [2.05, 4.69) is 0 Å². The molecule has 0 radical (unpaired) electrons. The normalized spacial score (nSPS) is 11.6. The molecular weight excluding hydrogens is 316 g/mol. The summed E-state index contributed by atoms with van der Waals surface area (Å²) in [4.78, 5) is 24.9. The molecule has 1 unspecified atom stereocenters. The standard InChI is InChI=1S/C21H16O4/c22-19(15-9-3-1-4-10-15)20(23)17-13-7-8-14-18(17)25-21(24)16-11-5-2-6-12-16/h1-14,19,22H. The van der Waals surface area contributed by atoms with Crippen molar-refractivity contribution in [2.75, 3.05) is 0 Å². The number of benzene rings is 3. The molecule has 3 aromatic rings. The molecule has 0 aromatic heterocycles. The van der Waals surface area contributed by atoms with Crippen molar-refractivity contribution < 1.29 is 19.4 Å². The summed E-state index contributed by atoms with van der Waals surface area (Å²) in [6, 6.07) is 23.5. The van der Waals surface area contributed by atoms with Gasteiger partial charge in [-0.25, -0.2) is 4.79 Å². The average molecular weight is 332 g/mol. The maximum absolute atomic E-state index is 12.6. The Morgan fingerprint density at radius 1 is 0.760 bits per heavy atom. The predicted octanol–water partition coefficient (Wildman–Crippen LogP) is 3.82. The van der Waals surface area contributed by atoms with E-state index in [-0.39, 0.29) is 11.3 Å². The molecule has 0 aliphatic carbocycles. The van der Waals surface area contributed by atoms with Gasteiger partial charge in [-0.2, -0.15) is 0 Å². The molecule has 0 bridgehead atoms. The van der Waals surface area contributed by atoms with Crippen LogP contribution in [0.5, 0.6) is 5.75 Å². The van der Waals surface area contributed by atoms with Gasteiger partial charge in [-0.05, 0) is 29.8 Å². The summed E-state index contributed by atoms with van der Waals surface area (Å²) in [7, 11) is 0. The first-order valence-electron chi connectivity index (χ1n) is 7.80. The second-order valence-corrected chi connectivity index (χ2v) is 5.43. The van der Waals surface area contributed by atoms with Crippen LogP contribution in [-0.2, 0) is 0 Å². The number of esters is 1. The smallest absolute Gasteiger partial charge is 0.343 e. The van der Waals surface area contributed by atoms with E-state index < -0.39 is 17.9 Å². The summed E-state index contributed by atoms with van der Waals surface area (Å²) in [6.07, 6.45) is -1.32. The first-order chi connectivity index (χ1) is 12.2. The Bertz CT molecular complexity index is 873. The highest BCUT2D eigenvalue weighted by atomic mass is 16.5. The van der Waals surface area contributed by atoms with Crippen LogP contribution in [0.4, 0.5) is 0 Å². The lowest BCUT2D eigenvalue weighted by Crippen LogP contribution is -2.16. The van der Waals surface area contributed by atoms with Crippen molar-refractivity contribution in [3.05, 3.63) is 102 Å². The maximum Gasteiger partial charge on any atom is 0.343 e. The number of rotatable bonds is 5. The Hall–Kier alpha value is -3.24. The molecule has 0 spiro atoms. The number of hydrogen-bond acceptors (Lipinski definition) is 4. The van der Waals surface area contributed by atoms with Crippen molar-refractivity contribution in [2.45, 2.75) is 6.10 Å². The first kappa shape index (κ1) is 16.6. The number of ether oxygens (including phenoxy) is 1. The minimum absolute atomic E-state index is 0.122. The third kappa shape index (κ3) is 3.82. The number of carbonyl (C=O) groups is 2. The zero-order valence-corrected chi connectivity index (χ0v) is 13.3. The van der Waals surface area contributed by atoms with Gasteiger partial charge in [0.15, 0.2) is 5.78 Å². The molecule has 1 atom stereocenters. The minimum Gasteiger partial charge on any atom is -0.422 e. The van der Waals surface area contributed by atoms with Crippen LogP contribution in [-0.4, -0.2) is 16.9 Å². The lowest BCUT2D eigenvalue weighted by molar-refractivity contribution is 0.0711. The van der Waals surface area contributed by atoms with E-state index in [1.165, 1.54) is 12.1 Å². The highest BCUT2D eigenvalue weighted by Crippen LogP contribution is 2.26. The van der Waals surface area contributed by atoms with Crippen LogP contribution in [0.15, 0.2) is 84.9 Å². The number of para-hydroxylation sites is 1. The molecule has 0 amide bonds. The lowest BCUT2D eigenvalue weighted by atomic mass is 9.99. The van der Waals surface area contributed by atoms with Crippen molar-refractivity contribution >= 4 is 11.8 Å². The molecule has 3 rings (SSSR count). The summed E-state index contributed by atoms with van der Waals surface area (Å²) in [5.74, 6) is -0.964.